The Morgan fingerprint density at radius 2 is 1.95 bits per heavy atom. The van der Waals surface area contributed by atoms with Crippen LogP contribution < -0.4 is 4.74 Å². The largest absolute Gasteiger partial charge is 0.486 e. The minimum absolute atomic E-state index is 0.148. The van der Waals surface area contributed by atoms with Gasteiger partial charge in [0.15, 0.2) is 0 Å². The van der Waals surface area contributed by atoms with Crippen LogP contribution in [0.25, 0.3) is 0 Å². The number of fused-ring (bicyclic) bond motifs is 1. The van der Waals surface area contributed by atoms with Crippen LogP contribution in [0.5, 0.6) is 5.75 Å². The average Bonchev–Trinajstić information content (AvgIpc) is 2.59. The highest BCUT2D eigenvalue weighted by Gasteiger charge is 2.29. The molecule has 2 aliphatic heterocycles. The first-order chi connectivity index (χ1) is 10.5. The van der Waals surface area contributed by atoms with Crippen molar-refractivity contribution in [3.8, 4) is 5.75 Å². The predicted octanol–water partition coefficient (Wildman–Crippen LogP) is 2.38. The fourth-order valence-corrected chi connectivity index (χ4v) is 3.43. The summed E-state index contributed by atoms with van der Waals surface area (Å²) < 4.78 is 11.8. The molecule has 122 valence electrons. The number of morpholine rings is 1. The maximum Gasteiger partial charge on any atom is 0.124 e. The predicted molar refractivity (Wildman–Crippen MR) is 88.3 cm³/mol. The maximum absolute atomic E-state index is 6.21. The van der Waals surface area contributed by atoms with E-state index in [2.05, 4.69) is 54.8 Å². The molecule has 2 heterocycles. The third kappa shape index (κ3) is 4.00. The van der Waals surface area contributed by atoms with Gasteiger partial charge >= 0.3 is 0 Å². The molecule has 0 radical (unpaired) electrons. The van der Waals surface area contributed by atoms with Gasteiger partial charge in [0, 0.05) is 44.8 Å². The summed E-state index contributed by atoms with van der Waals surface area (Å²) in [7, 11) is 0. The average molecular weight is 304 g/mol. The van der Waals surface area contributed by atoms with Gasteiger partial charge in [-0.05, 0) is 26.8 Å². The van der Waals surface area contributed by atoms with E-state index in [1.54, 1.807) is 0 Å². The first-order valence-corrected chi connectivity index (χ1v) is 8.35. The molecule has 0 saturated carbocycles. The molecule has 0 amide bonds. The van der Waals surface area contributed by atoms with Gasteiger partial charge in [-0.2, -0.15) is 0 Å². The van der Waals surface area contributed by atoms with Crippen LogP contribution in [-0.4, -0.2) is 60.8 Å². The molecule has 2 aliphatic rings. The van der Waals surface area contributed by atoms with Crippen molar-refractivity contribution in [3.05, 3.63) is 29.8 Å². The Bertz CT molecular complexity index is 504. The van der Waals surface area contributed by atoms with Gasteiger partial charge in [0.05, 0.1) is 12.7 Å². The summed E-state index contributed by atoms with van der Waals surface area (Å²) in [4.78, 5) is 5.03. The van der Waals surface area contributed by atoms with Crippen molar-refractivity contribution in [1.82, 2.24) is 9.80 Å². The van der Waals surface area contributed by atoms with Gasteiger partial charge in [-0.3, -0.25) is 9.80 Å². The summed E-state index contributed by atoms with van der Waals surface area (Å²) in [6, 6.07) is 8.42. The van der Waals surface area contributed by atoms with Gasteiger partial charge in [-0.1, -0.05) is 18.2 Å². The van der Waals surface area contributed by atoms with Gasteiger partial charge in [0.25, 0.3) is 0 Å². The summed E-state index contributed by atoms with van der Waals surface area (Å²) in [6.07, 6.45) is 0.360. The summed E-state index contributed by atoms with van der Waals surface area (Å²) in [6.45, 7) is 13.6. The van der Waals surface area contributed by atoms with Crippen molar-refractivity contribution in [2.75, 3.05) is 39.3 Å². The molecule has 1 unspecified atom stereocenters. The summed E-state index contributed by atoms with van der Waals surface area (Å²) in [5.41, 5.74) is 1.15. The Labute approximate surface area is 134 Å². The molecule has 0 bridgehead atoms. The fraction of sp³-hybridized carbons (Fsp3) is 0.667. The Kier molecular flexibility index (Phi) is 4.71. The lowest BCUT2D eigenvalue weighted by atomic mass is 10.1. The van der Waals surface area contributed by atoms with Crippen LogP contribution in [0.2, 0.25) is 0 Å². The van der Waals surface area contributed by atoms with E-state index in [1.165, 1.54) is 5.56 Å². The molecule has 4 heteroatoms. The van der Waals surface area contributed by atoms with Gasteiger partial charge in [-0.25, -0.2) is 0 Å². The van der Waals surface area contributed by atoms with Crippen LogP contribution in [-0.2, 0) is 11.3 Å². The van der Waals surface area contributed by atoms with E-state index in [0.29, 0.717) is 6.10 Å². The second-order valence-corrected chi connectivity index (χ2v) is 7.16. The highest BCUT2D eigenvalue weighted by molar-refractivity contribution is 5.34. The first-order valence-electron chi connectivity index (χ1n) is 8.35. The number of para-hydroxylation sites is 1. The van der Waals surface area contributed by atoms with Gasteiger partial charge < -0.3 is 9.47 Å². The van der Waals surface area contributed by atoms with Crippen molar-refractivity contribution in [1.29, 1.82) is 0 Å². The van der Waals surface area contributed by atoms with Crippen molar-refractivity contribution < 1.29 is 9.47 Å². The van der Waals surface area contributed by atoms with Crippen molar-refractivity contribution >= 4 is 0 Å². The molecule has 1 aromatic carbocycles. The van der Waals surface area contributed by atoms with Gasteiger partial charge in [0.2, 0.25) is 0 Å². The molecule has 22 heavy (non-hydrogen) atoms. The van der Waals surface area contributed by atoms with Crippen LogP contribution in [0.15, 0.2) is 24.3 Å². The number of ether oxygens (including phenoxy) is 2. The minimum Gasteiger partial charge on any atom is -0.486 e. The number of benzene rings is 1. The van der Waals surface area contributed by atoms with Crippen LogP contribution in [0, 0.1) is 0 Å². The molecule has 0 aromatic heterocycles. The van der Waals surface area contributed by atoms with E-state index in [9.17, 15) is 0 Å². The number of hydrogen-bond donors (Lipinski definition) is 0. The van der Waals surface area contributed by atoms with Gasteiger partial charge in [0.1, 0.15) is 11.4 Å². The summed E-state index contributed by atoms with van der Waals surface area (Å²) in [5, 5.41) is 0. The lowest BCUT2D eigenvalue weighted by molar-refractivity contribution is -0.0226. The molecule has 1 aromatic rings. The molecular formula is C18H28N2O2. The molecular weight excluding hydrogens is 276 g/mol. The van der Waals surface area contributed by atoms with Crippen molar-refractivity contribution in [3.63, 3.8) is 0 Å². The lowest BCUT2D eigenvalue weighted by Crippen LogP contribution is -2.47. The zero-order valence-electron chi connectivity index (χ0n) is 14.0. The summed E-state index contributed by atoms with van der Waals surface area (Å²) >= 11 is 0. The molecule has 0 aliphatic carbocycles. The van der Waals surface area contributed by atoms with Crippen molar-refractivity contribution in [2.45, 2.75) is 39.0 Å². The Balaban J connectivity index is 1.63. The lowest BCUT2D eigenvalue weighted by Gasteiger charge is -2.34. The van der Waals surface area contributed by atoms with E-state index in [4.69, 9.17) is 9.47 Å². The fourth-order valence-electron chi connectivity index (χ4n) is 3.43. The van der Waals surface area contributed by atoms with E-state index in [0.717, 1.165) is 51.6 Å². The molecule has 4 nitrogen and oxygen atoms in total. The van der Waals surface area contributed by atoms with E-state index >= 15 is 0 Å². The topological polar surface area (TPSA) is 24.9 Å². The molecule has 0 N–H and O–H groups in total. The van der Waals surface area contributed by atoms with E-state index in [1.807, 2.05) is 0 Å². The van der Waals surface area contributed by atoms with Crippen LogP contribution in [0.4, 0.5) is 0 Å². The van der Waals surface area contributed by atoms with E-state index < -0.39 is 0 Å². The minimum atomic E-state index is -0.148. The van der Waals surface area contributed by atoms with E-state index in [-0.39, 0.29) is 5.60 Å². The molecule has 1 fully saturated rings. The number of hydrogen-bond acceptors (Lipinski definition) is 4. The summed E-state index contributed by atoms with van der Waals surface area (Å²) in [5.74, 6) is 1.04. The zero-order chi connectivity index (χ0) is 15.6. The quantitative estimate of drug-likeness (QED) is 0.856. The maximum atomic E-state index is 6.21. The number of rotatable bonds is 3. The molecule has 1 atom stereocenters. The first kappa shape index (κ1) is 15.8. The van der Waals surface area contributed by atoms with Crippen LogP contribution >= 0.6 is 0 Å². The second-order valence-electron chi connectivity index (χ2n) is 7.16. The van der Waals surface area contributed by atoms with Crippen LogP contribution in [0.3, 0.4) is 0 Å². The molecule has 1 saturated heterocycles. The monoisotopic (exact) mass is 304 g/mol. The van der Waals surface area contributed by atoms with Crippen molar-refractivity contribution in [2.24, 2.45) is 0 Å². The highest BCUT2D eigenvalue weighted by Crippen LogP contribution is 2.28. The Morgan fingerprint density at radius 1 is 1.18 bits per heavy atom. The smallest absolute Gasteiger partial charge is 0.124 e. The third-order valence-corrected chi connectivity index (χ3v) is 4.41. The normalized spacial score (nSPS) is 26.0. The molecule has 3 rings (SSSR count). The number of nitrogens with zero attached hydrogens (tertiary/aromatic N) is 2. The Morgan fingerprint density at radius 3 is 2.77 bits per heavy atom. The zero-order valence-corrected chi connectivity index (χ0v) is 14.0. The SMILES string of the molecule is CC1CN(CCN2Cc3ccccc3OC(C)(C)C2)CCO1. The molecule has 0 spiro atoms. The standard InChI is InChI=1S/C18H28N2O2/c1-15-12-19(10-11-21-15)8-9-20-13-16-6-4-5-7-17(16)22-18(2,3)14-20/h4-7,15H,8-14H2,1-3H3. The highest BCUT2D eigenvalue weighted by atomic mass is 16.5. The van der Waals surface area contributed by atoms with Crippen LogP contribution in [0.1, 0.15) is 26.3 Å². The Hall–Kier alpha value is -1.10. The third-order valence-electron chi connectivity index (χ3n) is 4.41. The second kappa shape index (κ2) is 6.57. The van der Waals surface area contributed by atoms with Gasteiger partial charge in [-0.15, -0.1) is 0 Å².